The number of hydrogen-bond donors (Lipinski definition) is 1. The van der Waals surface area contributed by atoms with Crippen LogP contribution in [0.4, 0.5) is 5.69 Å². The van der Waals surface area contributed by atoms with Crippen LogP contribution >= 0.6 is 15.9 Å². The van der Waals surface area contributed by atoms with Crippen LogP contribution in [0, 0.1) is 10.1 Å². The van der Waals surface area contributed by atoms with Gasteiger partial charge in [0.1, 0.15) is 5.75 Å². The van der Waals surface area contributed by atoms with E-state index in [1.807, 2.05) is 0 Å². The molecular weight excluding hydrogens is 241 g/mol. The molecule has 0 spiro atoms. The van der Waals surface area contributed by atoms with Crippen LogP contribution in [0.25, 0.3) is 0 Å². The lowest BCUT2D eigenvalue weighted by Gasteiger charge is -2.01. The van der Waals surface area contributed by atoms with E-state index in [1.54, 1.807) is 0 Å². The molecule has 67 valence electrons. The third kappa shape index (κ3) is 2.43. The van der Waals surface area contributed by atoms with E-state index in [0.717, 1.165) is 0 Å². The summed E-state index contributed by atoms with van der Waals surface area (Å²) in [6.07, 6.45) is 0. The smallest absolute Gasteiger partial charge is 0.537 e. The molecule has 13 heavy (non-hydrogen) atoms. The molecule has 1 aromatic carbocycles. The zero-order chi connectivity index (χ0) is 9.84. The number of halogens is 1. The lowest BCUT2D eigenvalue weighted by Crippen LogP contribution is -2.00. The third-order valence-electron chi connectivity index (χ3n) is 1.30. The summed E-state index contributed by atoms with van der Waals surface area (Å²) in [4.78, 5) is 9.85. The molecule has 0 unspecified atom stereocenters. The molecular formula is C6H4BBrNO4. The fourth-order valence-electron chi connectivity index (χ4n) is 0.770. The molecule has 0 saturated carbocycles. The normalized spacial score (nSPS) is 9.38. The van der Waals surface area contributed by atoms with Crippen LogP contribution in [0.3, 0.4) is 0 Å². The molecule has 7 heteroatoms. The van der Waals surface area contributed by atoms with Gasteiger partial charge in [0.15, 0.2) is 0 Å². The second-order valence-corrected chi connectivity index (χ2v) is 2.95. The molecule has 5 nitrogen and oxygen atoms in total. The highest BCUT2D eigenvalue weighted by molar-refractivity contribution is 9.10. The maximum atomic E-state index is 10.4. The van der Waals surface area contributed by atoms with E-state index in [1.165, 1.54) is 18.2 Å². The zero-order valence-corrected chi connectivity index (χ0v) is 7.89. The van der Waals surface area contributed by atoms with Crippen LogP contribution < -0.4 is 4.65 Å². The average Bonchev–Trinajstić information content (AvgIpc) is 2.04. The van der Waals surface area contributed by atoms with Crippen molar-refractivity contribution in [1.29, 1.82) is 0 Å². The summed E-state index contributed by atoms with van der Waals surface area (Å²) in [7, 11) is 0.508. The van der Waals surface area contributed by atoms with Gasteiger partial charge in [-0.1, -0.05) is 0 Å². The number of nitro benzene ring substituents is 1. The van der Waals surface area contributed by atoms with Gasteiger partial charge in [-0.3, -0.25) is 10.1 Å². The van der Waals surface area contributed by atoms with Crippen LogP contribution in [0.1, 0.15) is 0 Å². The van der Waals surface area contributed by atoms with E-state index in [4.69, 9.17) is 5.02 Å². The summed E-state index contributed by atoms with van der Waals surface area (Å²) < 4.78 is 4.90. The maximum absolute atomic E-state index is 10.4. The monoisotopic (exact) mass is 244 g/mol. The minimum Gasteiger partial charge on any atom is -0.537 e. The summed E-state index contributed by atoms with van der Waals surface area (Å²) in [6, 6.07) is 4.06. The lowest BCUT2D eigenvalue weighted by molar-refractivity contribution is -0.385. The van der Waals surface area contributed by atoms with Crippen LogP contribution in [0.2, 0.25) is 0 Å². The number of nitrogens with zero attached hydrogens (tertiary/aromatic N) is 1. The van der Waals surface area contributed by atoms with Gasteiger partial charge in [0.05, 0.1) is 9.40 Å². The average molecular weight is 245 g/mol. The first kappa shape index (κ1) is 10.0. The topological polar surface area (TPSA) is 72.6 Å². The Morgan fingerprint density at radius 1 is 1.62 bits per heavy atom. The summed E-state index contributed by atoms with van der Waals surface area (Å²) in [5.41, 5.74) is -0.0507. The van der Waals surface area contributed by atoms with Crippen LogP contribution in [0.15, 0.2) is 22.7 Å². The lowest BCUT2D eigenvalue weighted by atomic mass is 10.3. The molecule has 1 N–H and O–H groups in total. The summed E-state index contributed by atoms with van der Waals surface area (Å²) >= 11 is 3.00. The number of rotatable bonds is 3. The highest BCUT2D eigenvalue weighted by atomic mass is 79.9. The molecule has 1 aromatic rings. The second kappa shape index (κ2) is 4.24. The Bertz CT molecular complexity index is 332. The van der Waals surface area contributed by atoms with Crippen LogP contribution in [-0.2, 0) is 0 Å². The molecule has 1 rings (SSSR count). The van der Waals surface area contributed by atoms with Crippen molar-refractivity contribution in [2.45, 2.75) is 0 Å². The van der Waals surface area contributed by atoms with E-state index < -0.39 is 4.92 Å². The molecule has 0 aromatic heterocycles. The van der Waals surface area contributed by atoms with Gasteiger partial charge in [-0.05, 0) is 28.1 Å². The first-order valence-electron chi connectivity index (χ1n) is 3.21. The van der Waals surface area contributed by atoms with Gasteiger partial charge in [-0.15, -0.1) is 0 Å². The Morgan fingerprint density at radius 2 is 2.31 bits per heavy atom. The van der Waals surface area contributed by atoms with Gasteiger partial charge in [-0.25, -0.2) is 0 Å². The van der Waals surface area contributed by atoms with Gasteiger partial charge < -0.3 is 9.68 Å². The minimum absolute atomic E-state index is 0.0507. The number of benzene rings is 1. The second-order valence-electron chi connectivity index (χ2n) is 2.09. The molecule has 0 heterocycles. The standard InChI is InChI=1S/C6H4BBrNO4/c8-5-3-4(13-7-10)1-2-6(5)9(11)12/h1-3,10H. The van der Waals surface area contributed by atoms with Crippen LogP contribution in [-0.4, -0.2) is 17.6 Å². The molecule has 0 aliphatic heterocycles. The summed E-state index contributed by atoms with van der Waals surface area (Å²) in [6.45, 7) is 0. The van der Waals surface area contributed by atoms with Gasteiger partial charge in [0.2, 0.25) is 0 Å². The highest BCUT2D eigenvalue weighted by Crippen LogP contribution is 2.28. The van der Waals surface area contributed by atoms with Gasteiger partial charge in [0, 0.05) is 6.07 Å². The van der Waals surface area contributed by atoms with E-state index >= 15 is 0 Å². The van der Waals surface area contributed by atoms with Crippen molar-refractivity contribution in [3.63, 3.8) is 0 Å². The molecule has 1 radical (unpaired) electrons. The first-order valence-corrected chi connectivity index (χ1v) is 4.01. The maximum Gasteiger partial charge on any atom is 0.569 e. The molecule has 0 fully saturated rings. The van der Waals surface area contributed by atoms with Crippen molar-refractivity contribution in [3.8, 4) is 5.75 Å². The Balaban J connectivity index is 2.98. The van der Waals surface area contributed by atoms with Crippen molar-refractivity contribution >= 4 is 29.3 Å². The summed E-state index contributed by atoms with van der Waals surface area (Å²) in [5.74, 6) is 0.319. The Morgan fingerprint density at radius 3 is 2.77 bits per heavy atom. The predicted octanol–water partition coefficient (Wildman–Crippen LogP) is 1.26. The minimum atomic E-state index is -0.517. The fourth-order valence-corrected chi connectivity index (χ4v) is 1.27. The molecule has 0 amide bonds. The fraction of sp³-hybridized carbons (Fsp3) is 0. The van der Waals surface area contributed by atoms with Gasteiger partial charge in [0.25, 0.3) is 5.69 Å². The van der Waals surface area contributed by atoms with Crippen LogP contribution in [0.5, 0.6) is 5.75 Å². The van der Waals surface area contributed by atoms with Gasteiger partial charge >= 0.3 is 7.69 Å². The van der Waals surface area contributed by atoms with Crippen molar-refractivity contribution in [2.24, 2.45) is 0 Å². The third-order valence-corrected chi connectivity index (χ3v) is 1.94. The van der Waals surface area contributed by atoms with Crippen molar-refractivity contribution in [2.75, 3.05) is 0 Å². The zero-order valence-electron chi connectivity index (χ0n) is 6.31. The molecule has 0 atom stereocenters. The number of nitro groups is 1. The van der Waals surface area contributed by atoms with E-state index in [-0.39, 0.29) is 5.69 Å². The molecule has 0 bridgehead atoms. The van der Waals surface area contributed by atoms with E-state index in [2.05, 4.69) is 20.6 Å². The largest absolute Gasteiger partial charge is 0.569 e. The van der Waals surface area contributed by atoms with Crippen molar-refractivity contribution < 1.29 is 14.6 Å². The summed E-state index contributed by atoms with van der Waals surface area (Å²) in [5, 5.41) is 18.7. The Kier molecular flexibility index (Phi) is 3.27. The quantitative estimate of drug-likeness (QED) is 0.494. The predicted molar refractivity (Wildman–Crippen MR) is 49.4 cm³/mol. The molecule has 0 aliphatic carbocycles. The van der Waals surface area contributed by atoms with Gasteiger partial charge in [-0.2, -0.15) is 0 Å². The SMILES string of the molecule is O=[N+]([O-])c1ccc(O[B]O)cc1Br. The highest BCUT2D eigenvalue weighted by Gasteiger charge is 2.11. The Hall–Kier alpha value is -1.08. The van der Waals surface area contributed by atoms with Crippen molar-refractivity contribution in [3.05, 3.63) is 32.8 Å². The first-order chi connectivity index (χ1) is 6.15. The van der Waals surface area contributed by atoms with Crippen molar-refractivity contribution in [1.82, 2.24) is 0 Å². The number of hydrogen-bond acceptors (Lipinski definition) is 4. The van der Waals surface area contributed by atoms with E-state index in [9.17, 15) is 10.1 Å². The molecule has 0 aliphatic rings. The molecule has 0 saturated heterocycles. The van der Waals surface area contributed by atoms with E-state index in [0.29, 0.717) is 17.9 Å². The Labute approximate surface area is 82.9 Å².